The Labute approximate surface area is 106 Å². The molecule has 1 aromatic carbocycles. The Morgan fingerprint density at radius 3 is 2.94 bits per heavy atom. The van der Waals surface area contributed by atoms with Crippen LogP contribution in [0.2, 0.25) is 0 Å². The van der Waals surface area contributed by atoms with Crippen molar-refractivity contribution in [2.45, 2.75) is 32.6 Å². The average molecular weight is 244 g/mol. The molecule has 0 aliphatic heterocycles. The number of aryl methyl sites for hydroxylation is 2. The highest BCUT2D eigenvalue weighted by atomic mass is 32.1. The van der Waals surface area contributed by atoms with Crippen LogP contribution in [0.25, 0.3) is 0 Å². The number of aromatic nitrogens is 1. The number of benzene rings is 1. The molecular formula is C14H16N2S. The van der Waals surface area contributed by atoms with E-state index in [2.05, 4.69) is 33.9 Å². The van der Waals surface area contributed by atoms with Crippen LogP contribution in [0, 0.1) is 6.92 Å². The first kappa shape index (κ1) is 10.8. The molecule has 88 valence electrons. The summed E-state index contributed by atoms with van der Waals surface area (Å²) in [6, 6.07) is 6.57. The van der Waals surface area contributed by atoms with E-state index < -0.39 is 0 Å². The van der Waals surface area contributed by atoms with E-state index in [1.807, 2.05) is 6.92 Å². The van der Waals surface area contributed by atoms with Gasteiger partial charge >= 0.3 is 0 Å². The van der Waals surface area contributed by atoms with Crippen molar-refractivity contribution in [3.8, 4) is 0 Å². The van der Waals surface area contributed by atoms with Gasteiger partial charge in [0.15, 0.2) is 5.13 Å². The van der Waals surface area contributed by atoms with Crippen LogP contribution in [0.4, 0.5) is 10.8 Å². The van der Waals surface area contributed by atoms with Gasteiger partial charge in [-0.3, -0.25) is 0 Å². The Bertz CT molecular complexity index is 531. The molecule has 0 fully saturated rings. The Morgan fingerprint density at radius 1 is 1.24 bits per heavy atom. The molecule has 0 unspecified atom stereocenters. The first-order chi connectivity index (χ1) is 8.33. The molecule has 3 heteroatoms. The Hall–Kier alpha value is -1.35. The van der Waals surface area contributed by atoms with Crippen molar-refractivity contribution < 1.29 is 0 Å². The van der Waals surface area contributed by atoms with E-state index >= 15 is 0 Å². The fourth-order valence-electron chi connectivity index (χ4n) is 2.43. The number of thiazole rings is 1. The van der Waals surface area contributed by atoms with Crippen LogP contribution in [0.15, 0.2) is 23.6 Å². The molecule has 0 saturated carbocycles. The zero-order valence-corrected chi connectivity index (χ0v) is 10.8. The molecule has 2 nitrogen and oxygen atoms in total. The number of hydrogen-bond acceptors (Lipinski definition) is 3. The van der Waals surface area contributed by atoms with Crippen molar-refractivity contribution in [3.05, 3.63) is 40.4 Å². The van der Waals surface area contributed by atoms with Gasteiger partial charge in [0.2, 0.25) is 0 Å². The van der Waals surface area contributed by atoms with Gasteiger partial charge in [0.1, 0.15) is 0 Å². The van der Waals surface area contributed by atoms with E-state index in [1.54, 1.807) is 11.3 Å². The molecule has 3 rings (SSSR count). The van der Waals surface area contributed by atoms with Crippen molar-refractivity contribution in [1.29, 1.82) is 0 Å². The molecule has 0 radical (unpaired) electrons. The lowest BCUT2D eigenvalue weighted by Gasteiger charge is -2.19. The molecule has 0 bridgehead atoms. The van der Waals surface area contributed by atoms with E-state index in [0.29, 0.717) is 0 Å². The zero-order valence-electron chi connectivity index (χ0n) is 9.99. The van der Waals surface area contributed by atoms with E-state index in [9.17, 15) is 0 Å². The predicted molar refractivity (Wildman–Crippen MR) is 73.2 cm³/mol. The quantitative estimate of drug-likeness (QED) is 0.861. The van der Waals surface area contributed by atoms with Crippen molar-refractivity contribution >= 4 is 22.2 Å². The van der Waals surface area contributed by atoms with Gasteiger partial charge < -0.3 is 5.32 Å². The lowest BCUT2D eigenvalue weighted by Crippen LogP contribution is -2.05. The molecule has 1 heterocycles. The maximum Gasteiger partial charge on any atom is 0.187 e. The van der Waals surface area contributed by atoms with Crippen molar-refractivity contribution in [3.63, 3.8) is 0 Å². The van der Waals surface area contributed by atoms with Crippen molar-refractivity contribution in [1.82, 2.24) is 4.98 Å². The standard InChI is InChI=1S/C14H16N2S/c1-10-9-17-14(15-10)16-13-8-4-6-11-5-2-3-7-12(11)13/h4,6,8-9H,2-3,5,7H2,1H3,(H,15,16). The first-order valence-corrected chi connectivity index (χ1v) is 7.01. The smallest absolute Gasteiger partial charge is 0.187 e. The Balaban J connectivity index is 1.92. The molecular weight excluding hydrogens is 228 g/mol. The summed E-state index contributed by atoms with van der Waals surface area (Å²) < 4.78 is 0. The SMILES string of the molecule is Cc1csc(Nc2cccc3c2CCCC3)n1. The molecule has 0 saturated heterocycles. The minimum absolute atomic E-state index is 1.00. The summed E-state index contributed by atoms with van der Waals surface area (Å²) in [6.45, 7) is 2.03. The minimum atomic E-state index is 1.00. The molecule has 0 amide bonds. The summed E-state index contributed by atoms with van der Waals surface area (Å²) in [5.41, 5.74) is 5.33. The van der Waals surface area contributed by atoms with Crippen LogP contribution in [0.3, 0.4) is 0 Å². The van der Waals surface area contributed by atoms with Crippen LogP contribution < -0.4 is 5.32 Å². The summed E-state index contributed by atoms with van der Waals surface area (Å²) in [6.07, 6.45) is 5.06. The minimum Gasteiger partial charge on any atom is -0.331 e. The maximum atomic E-state index is 4.46. The highest BCUT2D eigenvalue weighted by Crippen LogP contribution is 2.30. The molecule has 1 aliphatic carbocycles. The van der Waals surface area contributed by atoms with E-state index in [1.165, 1.54) is 42.5 Å². The molecule has 1 aliphatic rings. The van der Waals surface area contributed by atoms with Gasteiger partial charge in [0, 0.05) is 11.1 Å². The first-order valence-electron chi connectivity index (χ1n) is 6.13. The van der Waals surface area contributed by atoms with Gasteiger partial charge in [0.25, 0.3) is 0 Å². The molecule has 1 N–H and O–H groups in total. The predicted octanol–water partition coefficient (Wildman–Crippen LogP) is 4.07. The molecule has 2 aromatic rings. The van der Waals surface area contributed by atoms with E-state index in [-0.39, 0.29) is 0 Å². The molecule has 1 aromatic heterocycles. The van der Waals surface area contributed by atoms with Crippen molar-refractivity contribution in [2.75, 3.05) is 5.32 Å². The summed E-state index contributed by atoms with van der Waals surface area (Å²) >= 11 is 1.67. The third kappa shape index (κ3) is 2.20. The summed E-state index contributed by atoms with van der Waals surface area (Å²) in [4.78, 5) is 4.46. The third-order valence-electron chi connectivity index (χ3n) is 3.26. The molecule has 0 spiro atoms. The second-order valence-electron chi connectivity index (χ2n) is 4.57. The van der Waals surface area contributed by atoms with E-state index in [0.717, 1.165) is 10.8 Å². The second kappa shape index (κ2) is 4.49. The van der Waals surface area contributed by atoms with E-state index in [4.69, 9.17) is 0 Å². The summed E-state index contributed by atoms with van der Waals surface area (Å²) in [7, 11) is 0. The number of rotatable bonds is 2. The van der Waals surface area contributed by atoms with Crippen LogP contribution in [-0.4, -0.2) is 4.98 Å². The van der Waals surface area contributed by atoms with Gasteiger partial charge in [-0.15, -0.1) is 11.3 Å². The highest BCUT2D eigenvalue weighted by Gasteiger charge is 2.13. The number of nitrogens with one attached hydrogen (secondary N) is 1. The maximum absolute atomic E-state index is 4.46. The summed E-state index contributed by atoms with van der Waals surface area (Å²) in [5.74, 6) is 0. The highest BCUT2D eigenvalue weighted by molar-refractivity contribution is 7.13. The zero-order chi connectivity index (χ0) is 11.7. The second-order valence-corrected chi connectivity index (χ2v) is 5.43. The number of hydrogen-bond donors (Lipinski definition) is 1. The number of fused-ring (bicyclic) bond motifs is 1. The normalized spacial score (nSPS) is 14.4. The van der Waals surface area contributed by atoms with Gasteiger partial charge in [-0.05, 0) is 49.8 Å². The number of nitrogens with zero attached hydrogens (tertiary/aromatic N) is 1. The molecule has 0 atom stereocenters. The summed E-state index contributed by atoms with van der Waals surface area (Å²) in [5, 5.41) is 6.54. The third-order valence-corrected chi connectivity index (χ3v) is 4.13. The van der Waals surface area contributed by atoms with Gasteiger partial charge in [-0.2, -0.15) is 0 Å². The Morgan fingerprint density at radius 2 is 2.12 bits per heavy atom. The fourth-order valence-corrected chi connectivity index (χ4v) is 3.13. The van der Waals surface area contributed by atoms with Gasteiger partial charge in [-0.25, -0.2) is 4.98 Å². The Kier molecular flexibility index (Phi) is 2.85. The van der Waals surface area contributed by atoms with Crippen LogP contribution in [0.1, 0.15) is 29.7 Å². The average Bonchev–Trinajstić information content (AvgIpc) is 2.75. The lowest BCUT2D eigenvalue weighted by atomic mass is 9.90. The monoisotopic (exact) mass is 244 g/mol. The number of anilines is 2. The fraction of sp³-hybridized carbons (Fsp3) is 0.357. The van der Waals surface area contributed by atoms with Gasteiger partial charge in [-0.1, -0.05) is 12.1 Å². The van der Waals surface area contributed by atoms with Crippen LogP contribution in [-0.2, 0) is 12.8 Å². The molecule has 17 heavy (non-hydrogen) atoms. The lowest BCUT2D eigenvalue weighted by molar-refractivity contribution is 0.687. The topological polar surface area (TPSA) is 24.9 Å². The van der Waals surface area contributed by atoms with Crippen LogP contribution >= 0.6 is 11.3 Å². The van der Waals surface area contributed by atoms with Crippen molar-refractivity contribution in [2.24, 2.45) is 0 Å². The van der Waals surface area contributed by atoms with Gasteiger partial charge in [0.05, 0.1) is 5.69 Å². The van der Waals surface area contributed by atoms with Crippen LogP contribution in [0.5, 0.6) is 0 Å². The largest absolute Gasteiger partial charge is 0.331 e.